The van der Waals surface area contributed by atoms with Crippen LogP contribution in [0.25, 0.3) is 0 Å². The Balaban J connectivity index is 2.76. The molecule has 104 valence electrons. The van der Waals surface area contributed by atoms with Crippen molar-refractivity contribution in [3.8, 4) is 0 Å². The van der Waals surface area contributed by atoms with E-state index < -0.39 is 0 Å². The third kappa shape index (κ3) is 5.37. The topological polar surface area (TPSA) is 34.1 Å². The van der Waals surface area contributed by atoms with Gasteiger partial charge >= 0.3 is 0 Å². The second-order valence-corrected chi connectivity index (χ2v) is 5.76. The van der Waals surface area contributed by atoms with Crippen molar-refractivity contribution in [1.82, 2.24) is 0 Å². The summed E-state index contributed by atoms with van der Waals surface area (Å²) in [5.41, 5.74) is 0.545. The van der Waals surface area contributed by atoms with Gasteiger partial charge in [-0.1, -0.05) is 57.0 Å². The van der Waals surface area contributed by atoms with Crippen LogP contribution >= 0.6 is 0 Å². The van der Waals surface area contributed by atoms with Gasteiger partial charge in [0.25, 0.3) is 0 Å². The number of Topliss-reactive ketones (excluding diaryl/α,β-unsaturated/α-hetero) is 2. The number of hydrogen-bond acceptors (Lipinski definition) is 2. The number of carbonyl (C=O) groups is 2. The lowest BCUT2D eigenvalue weighted by atomic mass is 9.75. The monoisotopic (exact) mass is 260 g/mol. The number of rotatable bonds is 8. The average Bonchev–Trinajstić information content (AvgIpc) is 2.36. The molecule has 0 aliphatic rings. The molecule has 0 radical (unpaired) electrons. The fourth-order valence-electron chi connectivity index (χ4n) is 2.56. The molecule has 0 saturated heterocycles. The van der Waals surface area contributed by atoms with E-state index in [1.165, 1.54) is 0 Å². The van der Waals surface area contributed by atoms with Crippen molar-refractivity contribution in [1.29, 1.82) is 0 Å². The Morgan fingerprint density at radius 1 is 1.11 bits per heavy atom. The predicted molar refractivity (Wildman–Crippen MR) is 78.3 cm³/mol. The Labute approximate surface area is 116 Å². The predicted octanol–water partition coefficient (Wildman–Crippen LogP) is 4.44. The molecule has 0 amide bonds. The molecular formula is C17H24O2. The number of benzene rings is 1. The van der Waals surface area contributed by atoms with Crippen LogP contribution in [-0.2, 0) is 4.79 Å². The van der Waals surface area contributed by atoms with Gasteiger partial charge in [-0.3, -0.25) is 4.79 Å². The van der Waals surface area contributed by atoms with Crippen molar-refractivity contribution in [3.63, 3.8) is 0 Å². The first-order chi connectivity index (χ1) is 8.97. The molecule has 0 fully saturated rings. The summed E-state index contributed by atoms with van der Waals surface area (Å²) in [7, 11) is 0. The van der Waals surface area contributed by atoms with Gasteiger partial charge in [-0.05, 0) is 18.8 Å². The summed E-state index contributed by atoms with van der Waals surface area (Å²) in [4.78, 5) is 23.7. The van der Waals surface area contributed by atoms with Gasteiger partial charge in [0, 0.05) is 18.4 Å². The van der Waals surface area contributed by atoms with Crippen molar-refractivity contribution >= 4 is 11.6 Å². The Hall–Kier alpha value is -1.44. The van der Waals surface area contributed by atoms with E-state index in [9.17, 15) is 9.59 Å². The van der Waals surface area contributed by atoms with E-state index in [4.69, 9.17) is 0 Å². The Kier molecular flexibility index (Phi) is 5.94. The highest BCUT2D eigenvalue weighted by atomic mass is 16.1. The van der Waals surface area contributed by atoms with E-state index in [2.05, 4.69) is 13.8 Å². The first-order valence-corrected chi connectivity index (χ1v) is 7.04. The average molecular weight is 260 g/mol. The Morgan fingerprint density at radius 3 is 2.26 bits per heavy atom. The van der Waals surface area contributed by atoms with Crippen LogP contribution in [0.2, 0.25) is 0 Å². The highest BCUT2D eigenvalue weighted by Crippen LogP contribution is 2.34. The summed E-state index contributed by atoms with van der Waals surface area (Å²) in [6, 6.07) is 9.35. The van der Waals surface area contributed by atoms with Gasteiger partial charge in [-0.15, -0.1) is 0 Å². The van der Waals surface area contributed by atoms with Crippen LogP contribution < -0.4 is 0 Å². The fraction of sp³-hybridized carbons (Fsp3) is 0.529. The molecule has 1 rings (SSSR count). The van der Waals surface area contributed by atoms with Crippen LogP contribution in [0.1, 0.15) is 63.2 Å². The highest BCUT2D eigenvalue weighted by Gasteiger charge is 2.28. The number of unbranched alkanes of at least 4 members (excludes halogenated alkanes) is 1. The molecule has 1 aromatic carbocycles. The minimum absolute atomic E-state index is 0.139. The number of carbonyl (C=O) groups excluding carboxylic acids is 2. The Morgan fingerprint density at radius 2 is 1.74 bits per heavy atom. The second kappa shape index (κ2) is 7.22. The summed E-state index contributed by atoms with van der Waals surface area (Å²) in [6.45, 7) is 5.80. The van der Waals surface area contributed by atoms with Crippen molar-refractivity contribution in [2.24, 2.45) is 5.41 Å². The van der Waals surface area contributed by atoms with Crippen LogP contribution in [0.15, 0.2) is 30.3 Å². The molecule has 0 bridgehead atoms. The lowest BCUT2D eigenvalue weighted by molar-refractivity contribution is -0.119. The van der Waals surface area contributed by atoms with Crippen molar-refractivity contribution in [2.75, 3.05) is 0 Å². The van der Waals surface area contributed by atoms with E-state index in [1.807, 2.05) is 30.3 Å². The van der Waals surface area contributed by atoms with Crippen molar-refractivity contribution in [2.45, 2.75) is 52.9 Å². The molecule has 1 atom stereocenters. The summed E-state index contributed by atoms with van der Waals surface area (Å²) < 4.78 is 0. The first kappa shape index (κ1) is 15.6. The molecule has 0 heterocycles. The SMILES string of the molecule is CCCC[C@](C)(CC(C)=O)CC(=O)c1ccccc1. The molecule has 19 heavy (non-hydrogen) atoms. The van der Waals surface area contributed by atoms with Gasteiger partial charge in [0.2, 0.25) is 0 Å². The maximum atomic E-state index is 12.3. The minimum atomic E-state index is -0.200. The van der Waals surface area contributed by atoms with Crippen molar-refractivity contribution in [3.05, 3.63) is 35.9 Å². The lowest BCUT2D eigenvalue weighted by Crippen LogP contribution is -2.24. The smallest absolute Gasteiger partial charge is 0.163 e. The molecular weight excluding hydrogens is 236 g/mol. The van der Waals surface area contributed by atoms with Crippen LogP contribution in [0.4, 0.5) is 0 Å². The third-order valence-electron chi connectivity index (χ3n) is 3.49. The summed E-state index contributed by atoms with van der Waals surface area (Å²) in [6.07, 6.45) is 4.03. The molecule has 0 aliphatic heterocycles. The molecule has 0 saturated carbocycles. The number of hydrogen-bond donors (Lipinski definition) is 0. The van der Waals surface area contributed by atoms with E-state index >= 15 is 0 Å². The van der Waals surface area contributed by atoms with Crippen LogP contribution in [0, 0.1) is 5.41 Å². The molecule has 0 unspecified atom stereocenters. The van der Waals surface area contributed by atoms with Crippen LogP contribution in [0.3, 0.4) is 0 Å². The first-order valence-electron chi connectivity index (χ1n) is 7.04. The van der Waals surface area contributed by atoms with E-state index in [-0.39, 0.29) is 17.0 Å². The molecule has 0 spiro atoms. The summed E-state index contributed by atoms with van der Waals surface area (Å²) >= 11 is 0. The molecule has 0 aromatic heterocycles. The summed E-state index contributed by atoms with van der Waals surface area (Å²) in [5, 5.41) is 0. The van der Waals surface area contributed by atoms with Gasteiger partial charge < -0.3 is 4.79 Å². The zero-order valence-corrected chi connectivity index (χ0v) is 12.2. The molecule has 2 heteroatoms. The van der Waals surface area contributed by atoms with E-state index in [1.54, 1.807) is 6.92 Å². The van der Waals surface area contributed by atoms with Gasteiger partial charge in [0.15, 0.2) is 5.78 Å². The van der Waals surface area contributed by atoms with Gasteiger partial charge in [0.05, 0.1) is 0 Å². The van der Waals surface area contributed by atoms with Gasteiger partial charge in [0.1, 0.15) is 5.78 Å². The zero-order valence-electron chi connectivity index (χ0n) is 12.2. The van der Waals surface area contributed by atoms with E-state index in [0.717, 1.165) is 24.8 Å². The van der Waals surface area contributed by atoms with E-state index in [0.29, 0.717) is 12.8 Å². The standard InChI is InChI=1S/C17H24O2/c1-4-5-11-17(3,12-14(2)18)13-16(19)15-9-7-6-8-10-15/h6-10H,4-5,11-13H2,1-3H3/t17-/m1/s1. The fourth-order valence-corrected chi connectivity index (χ4v) is 2.56. The van der Waals surface area contributed by atoms with Crippen LogP contribution in [-0.4, -0.2) is 11.6 Å². The molecule has 0 aliphatic carbocycles. The zero-order chi connectivity index (χ0) is 14.3. The lowest BCUT2D eigenvalue weighted by Gasteiger charge is -2.28. The molecule has 1 aromatic rings. The highest BCUT2D eigenvalue weighted by molar-refractivity contribution is 5.96. The molecule has 0 N–H and O–H groups in total. The normalized spacial score (nSPS) is 13.8. The largest absolute Gasteiger partial charge is 0.300 e. The molecule has 2 nitrogen and oxygen atoms in total. The maximum absolute atomic E-state index is 12.3. The minimum Gasteiger partial charge on any atom is -0.300 e. The Bertz CT molecular complexity index is 422. The number of ketones is 2. The quantitative estimate of drug-likeness (QED) is 0.648. The maximum Gasteiger partial charge on any atom is 0.163 e. The second-order valence-electron chi connectivity index (χ2n) is 5.76. The third-order valence-corrected chi connectivity index (χ3v) is 3.49. The van der Waals surface area contributed by atoms with Gasteiger partial charge in [-0.2, -0.15) is 0 Å². The van der Waals surface area contributed by atoms with Crippen LogP contribution in [0.5, 0.6) is 0 Å². The van der Waals surface area contributed by atoms with Crippen molar-refractivity contribution < 1.29 is 9.59 Å². The summed E-state index contributed by atoms with van der Waals surface area (Å²) in [5.74, 6) is 0.305. The van der Waals surface area contributed by atoms with Gasteiger partial charge in [-0.25, -0.2) is 0 Å².